The number of rotatable bonds is 3. The first-order valence-electron chi connectivity index (χ1n) is 9.53. The number of carboxylic acids is 1. The van der Waals surface area contributed by atoms with Crippen molar-refractivity contribution in [1.29, 1.82) is 0 Å². The standard InChI is InChI=1S/C25H15NO3S2/c27-23-22(31-25(30)26(23)18-11-9-15(10-12-18)24(28)29)14-21-19-7-3-1-5-16(19)13-17-6-2-4-8-20(17)21/h1-14H,(H,28,29)/p-1/b22-14-. The van der Waals surface area contributed by atoms with Crippen molar-refractivity contribution in [3.63, 3.8) is 0 Å². The summed E-state index contributed by atoms with van der Waals surface area (Å²) in [4.78, 5) is 26.2. The van der Waals surface area contributed by atoms with E-state index in [0.717, 1.165) is 27.1 Å². The lowest BCUT2D eigenvalue weighted by Crippen LogP contribution is -2.28. The second-order valence-electron chi connectivity index (χ2n) is 7.08. The summed E-state index contributed by atoms with van der Waals surface area (Å²) in [5, 5.41) is 15.3. The van der Waals surface area contributed by atoms with Gasteiger partial charge in [0.25, 0.3) is 5.91 Å². The molecule has 31 heavy (non-hydrogen) atoms. The van der Waals surface area contributed by atoms with Gasteiger partial charge in [-0.15, -0.1) is 0 Å². The molecule has 0 aromatic heterocycles. The summed E-state index contributed by atoms with van der Waals surface area (Å²) < 4.78 is 0.405. The van der Waals surface area contributed by atoms with Crippen LogP contribution in [0, 0.1) is 0 Å². The van der Waals surface area contributed by atoms with Crippen molar-refractivity contribution in [2.75, 3.05) is 4.90 Å². The van der Waals surface area contributed by atoms with Crippen LogP contribution >= 0.6 is 24.0 Å². The molecular formula is C25H14NO3S2-. The van der Waals surface area contributed by atoms with Crippen LogP contribution in [0.25, 0.3) is 27.6 Å². The Bertz CT molecular complexity index is 1370. The van der Waals surface area contributed by atoms with Crippen LogP contribution in [0.1, 0.15) is 15.9 Å². The molecule has 0 N–H and O–H groups in total. The van der Waals surface area contributed by atoms with Gasteiger partial charge in [0.1, 0.15) is 0 Å². The smallest absolute Gasteiger partial charge is 0.270 e. The maximum Gasteiger partial charge on any atom is 0.270 e. The lowest BCUT2D eigenvalue weighted by Gasteiger charge is -2.15. The normalized spacial score (nSPS) is 15.4. The van der Waals surface area contributed by atoms with Gasteiger partial charge in [0.2, 0.25) is 0 Å². The Kier molecular flexibility index (Phi) is 4.81. The molecule has 5 rings (SSSR count). The number of thiocarbonyl (C=S) groups is 1. The van der Waals surface area contributed by atoms with Gasteiger partial charge in [-0.25, -0.2) is 0 Å². The SMILES string of the molecule is O=C([O-])c1ccc(N2C(=O)/C(=C/c3c4ccccc4cc4ccccc34)SC2=S)cc1. The zero-order valence-corrected chi connectivity index (χ0v) is 17.7. The molecule has 0 spiro atoms. The molecule has 150 valence electrons. The number of fused-ring (bicyclic) bond motifs is 2. The fraction of sp³-hybridized carbons (Fsp3) is 0. The molecule has 0 unspecified atom stereocenters. The van der Waals surface area contributed by atoms with Crippen molar-refractivity contribution in [2.45, 2.75) is 0 Å². The van der Waals surface area contributed by atoms with Crippen LogP contribution in [0.3, 0.4) is 0 Å². The highest BCUT2D eigenvalue weighted by molar-refractivity contribution is 8.27. The van der Waals surface area contributed by atoms with Gasteiger partial charge in [-0.05, 0) is 56.9 Å². The second-order valence-corrected chi connectivity index (χ2v) is 8.76. The second kappa shape index (κ2) is 7.65. The lowest BCUT2D eigenvalue weighted by atomic mass is 9.96. The number of hydrogen-bond donors (Lipinski definition) is 0. The quantitative estimate of drug-likeness (QED) is 0.261. The van der Waals surface area contributed by atoms with E-state index in [9.17, 15) is 14.7 Å². The molecular weight excluding hydrogens is 426 g/mol. The lowest BCUT2D eigenvalue weighted by molar-refractivity contribution is -0.255. The monoisotopic (exact) mass is 440 g/mol. The summed E-state index contributed by atoms with van der Waals surface area (Å²) in [6, 6.07) is 24.3. The highest BCUT2D eigenvalue weighted by atomic mass is 32.2. The number of nitrogens with zero attached hydrogens (tertiary/aromatic N) is 1. The predicted octanol–water partition coefficient (Wildman–Crippen LogP) is 4.76. The fourth-order valence-corrected chi connectivity index (χ4v) is 5.05. The largest absolute Gasteiger partial charge is 0.545 e. The Balaban J connectivity index is 1.62. The summed E-state index contributed by atoms with van der Waals surface area (Å²) in [6.45, 7) is 0. The predicted molar refractivity (Wildman–Crippen MR) is 128 cm³/mol. The number of carbonyl (C=O) groups is 2. The Morgan fingerprint density at radius 3 is 2.06 bits per heavy atom. The molecule has 4 nitrogen and oxygen atoms in total. The highest BCUT2D eigenvalue weighted by Crippen LogP contribution is 2.38. The van der Waals surface area contributed by atoms with E-state index in [4.69, 9.17) is 12.2 Å². The molecule has 0 saturated carbocycles. The molecule has 1 heterocycles. The molecule has 0 atom stereocenters. The van der Waals surface area contributed by atoms with Gasteiger partial charge >= 0.3 is 0 Å². The third-order valence-electron chi connectivity index (χ3n) is 5.24. The van der Waals surface area contributed by atoms with E-state index in [1.807, 2.05) is 42.5 Å². The first kappa shape index (κ1) is 19.5. The Labute approximate surface area is 187 Å². The van der Waals surface area contributed by atoms with E-state index in [1.165, 1.54) is 28.8 Å². The van der Waals surface area contributed by atoms with E-state index in [2.05, 4.69) is 18.2 Å². The molecule has 1 fully saturated rings. The van der Waals surface area contributed by atoms with Crippen molar-refractivity contribution in [2.24, 2.45) is 0 Å². The molecule has 4 aromatic carbocycles. The van der Waals surface area contributed by atoms with Gasteiger partial charge in [-0.1, -0.05) is 84.6 Å². The fourth-order valence-electron chi connectivity index (χ4n) is 3.77. The topological polar surface area (TPSA) is 60.4 Å². The number of amides is 1. The van der Waals surface area contributed by atoms with Crippen LogP contribution in [-0.2, 0) is 4.79 Å². The van der Waals surface area contributed by atoms with E-state index in [1.54, 1.807) is 12.1 Å². The van der Waals surface area contributed by atoms with Crippen molar-refractivity contribution in [3.8, 4) is 0 Å². The van der Waals surface area contributed by atoms with Gasteiger partial charge in [0.05, 0.1) is 16.6 Å². The minimum absolute atomic E-state index is 0.0481. The van der Waals surface area contributed by atoms with Gasteiger partial charge in [-0.3, -0.25) is 9.69 Å². The zero-order chi connectivity index (χ0) is 21.5. The minimum Gasteiger partial charge on any atom is -0.545 e. The van der Waals surface area contributed by atoms with Crippen LogP contribution in [0.4, 0.5) is 5.69 Å². The molecule has 4 aromatic rings. The third-order valence-corrected chi connectivity index (χ3v) is 6.55. The zero-order valence-electron chi connectivity index (χ0n) is 16.1. The maximum absolute atomic E-state index is 13.2. The number of carboxylic acid groups (broad SMARTS) is 1. The van der Waals surface area contributed by atoms with Gasteiger partial charge in [0.15, 0.2) is 4.32 Å². The minimum atomic E-state index is -1.26. The molecule has 0 radical (unpaired) electrons. The summed E-state index contributed by atoms with van der Waals surface area (Å²) in [5.41, 5.74) is 1.55. The molecule has 6 heteroatoms. The number of thioether (sulfide) groups is 1. The van der Waals surface area contributed by atoms with Crippen LogP contribution in [0.5, 0.6) is 0 Å². The summed E-state index contributed by atoms with van der Waals surface area (Å²) in [6.07, 6.45) is 1.90. The molecule has 1 aliphatic heterocycles. The number of anilines is 1. The van der Waals surface area contributed by atoms with Gasteiger partial charge < -0.3 is 9.90 Å². The van der Waals surface area contributed by atoms with E-state index in [-0.39, 0.29) is 11.5 Å². The average Bonchev–Trinajstić information content (AvgIpc) is 3.06. The van der Waals surface area contributed by atoms with E-state index < -0.39 is 5.97 Å². The summed E-state index contributed by atoms with van der Waals surface area (Å²) >= 11 is 6.71. The first-order valence-corrected chi connectivity index (χ1v) is 10.8. The Morgan fingerprint density at radius 2 is 1.48 bits per heavy atom. The van der Waals surface area contributed by atoms with E-state index >= 15 is 0 Å². The van der Waals surface area contributed by atoms with Crippen molar-refractivity contribution < 1.29 is 14.7 Å². The molecule has 0 bridgehead atoms. The summed E-state index contributed by atoms with van der Waals surface area (Å²) in [7, 11) is 0. The highest BCUT2D eigenvalue weighted by Gasteiger charge is 2.33. The number of carbonyl (C=O) groups excluding carboxylic acids is 2. The molecule has 1 aliphatic rings. The van der Waals surface area contributed by atoms with Crippen molar-refractivity contribution in [3.05, 3.63) is 94.9 Å². The summed E-state index contributed by atoms with van der Waals surface area (Å²) in [5.74, 6) is -1.49. The van der Waals surface area contributed by atoms with Crippen molar-refractivity contribution >= 4 is 73.5 Å². The van der Waals surface area contributed by atoms with Crippen LogP contribution in [-0.4, -0.2) is 16.2 Å². The Morgan fingerprint density at radius 1 is 0.903 bits per heavy atom. The average molecular weight is 441 g/mol. The molecule has 1 amide bonds. The number of benzene rings is 4. The number of aromatic carboxylic acids is 1. The van der Waals surface area contributed by atoms with Crippen LogP contribution < -0.4 is 10.0 Å². The molecule has 0 aliphatic carbocycles. The molecule has 1 saturated heterocycles. The van der Waals surface area contributed by atoms with E-state index in [0.29, 0.717) is 14.9 Å². The van der Waals surface area contributed by atoms with Gasteiger partial charge in [0, 0.05) is 0 Å². The number of hydrogen-bond acceptors (Lipinski definition) is 5. The third kappa shape index (κ3) is 3.40. The van der Waals surface area contributed by atoms with Crippen LogP contribution in [0.15, 0.2) is 83.8 Å². The first-order chi connectivity index (χ1) is 15.0. The Hall–Kier alpha value is -3.48. The van der Waals surface area contributed by atoms with Gasteiger partial charge in [-0.2, -0.15) is 0 Å². The van der Waals surface area contributed by atoms with Crippen LogP contribution in [0.2, 0.25) is 0 Å². The van der Waals surface area contributed by atoms with Crippen molar-refractivity contribution in [1.82, 2.24) is 0 Å². The maximum atomic E-state index is 13.2.